The molecule has 1 saturated heterocycles. The number of piperidine rings is 1. The summed E-state index contributed by atoms with van der Waals surface area (Å²) in [7, 11) is 0. The molecule has 118 valence electrons. The van der Waals surface area contributed by atoms with Gasteiger partial charge in [-0.15, -0.1) is 0 Å². The predicted molar refractivity (Wildman–Crippen MR) is 76.8 cm³/mol. The van der Waals surface area contributed by atoms with Crippen LogP contribution in [-0.4, -0.2) is 46.9 Å². The summed E-state index contributed by atoms with van der Waals surface area (Å²) >= 11 is 0. The molecule has 7 heteroatoms. The molecule has 1 atom stereocenters. The number of amides is 1. The van der Waals surface area contributed by atoms with Crippen molar-refractivity contribution < 1.29 is 14.1 Å². The highest BCUT2D eigenvalue weighted by molar-refractivity contribution is 5.67. The second kappa shape index (κ2) is 7.40. The van der Waals surface area contributed by atoms with Crippen LogP contribution < -0.4 is 5.32 Å². The molecule has 1 amide bonds. The summed E-state index contributed by atoms with van der Waals surface area (Å²) in [6.45, 7) is 7.58. The summed E-state index contributed by atoms with van der Waals surface area (Å²) in [6, 6.07) is 0.459. The van der Waals surface area contributed by atoms with Gasteiger partial charge in [-0.05, 0) is 26.2 Å². The summed E-state index contributed by atoms with van der Waals surface area (Å²) in [6.07, 6.45) is 2.51. The van der Waals surface area contributed by atoms with Gasteiger partial charge in [-0.3, -0.25) is 0 Å². The zero-order valence-electron chi connectivity index (χ0n) is 13.0. The van der Waals surface area contributed by atoms with Crippen molar-refractivity contribution in [1.82, 2.24) is 20.4 Å². The van der Waals surface area contributed by atoms with Gasteiger partial charge in [0.2, 0.25) is 5.89 Å². The average Bonchev–Trinajstić information content (AvgIpc) is 2.92. The SMILES string of the molecule is CCOC(=O)N1CCC(N[C@H](CC)c2noc(C)n2)CC1. The number of aryl methyl sites for hydroxylation is 1. The van der Waals surface area contributed by atoms with Gasteiger partial charge in [0.25, 0.3) is 0 Å². The van der Waals surface area contributed by atoms with Crippen LogP contribution in [0, 0.1) is 6.92 Å². The highest BCUT2D eigenvalue weighted by Crippen LogP contribution is 2.18. The van der Waals surface area contributed by atoms with Gasteiger partial charge in [0.15, 0.2) is 5.82 Å². The van der Waals surface area contributed by atoms with Crippen LogP contribution in [0.4, 0.5) is 4.79 Å². The van der Waals surface area contributed by atoms with Crippen LogP contribution in [0.2, 0.25) is 0 Å². The Morgan fingerprint density at radius 3 is 2.71 bits per heavy atom. The van der Waals surface area contributed by atoms with Crippen molar-refractivity contribution >= 4 is 6.09 Å². The molecule has 1 aromatic heterocycles. The van der Waals surface area contributed by atoms with Crippen molar-refractivity contribution in [2.45, 2.75) is 52.1 Å². The molecular formula is C14H24N4O3. The van der Waals surface area contributed by atoms with Crippen LogP contribution in [0.5, 0.6) is 0 Å². The van der Waals surface area contributed by atoms with E-state index in [1.807, 2.05) is 6.92 Å². The Hall–Kier alpha value is -1.63. The summed E-state index contributed by atoms with van der Waals surface area (Å²) in [4.78, 5) is 17.7. The topological polar surface area (TPSA) is 80.5 Å². The van der Waals surface area contributed by atoms with Crippen LogP contribution in [0.15, 0.2) is 4.52 Å². The van der Waals surface area contributed by atoms with Crippen LogP contribution in [-0.2, 0) is 4.74 Å². The minimum absolute atomic E-state index is 0.0987. The molecule has 1 aromatic rings. The fourth-order valence-electron chi connectivity index (χ4n) is 2.56. The molecule has 21 heavy (non-hydrogen) atoms. The highest BCUT2D eigenvalue weighted by atomic mass is 16.6. The van der Waals surface area contributed by atoms with Gasteiger partial charge in [0.05, 0.1) is 12.6 Å². The van der Waals surface area contributed by atoms with E-state index in [0.29, 0.717) is 24.4 Å². The molecular weight excluding hydrogens is 272 g/mol. The predicted octanol–water partition coefficient (Wildman–Crippen LogP) is 2.04. The fourth-order valence-corrected chi connectivity index (χ4v) is 2.56. The van der Waals surface area contributed by atoms with Gasteiger partial charge >= 0.3 is 6.09 Å². The molecule has 1 N–H and O–H groups in total. The Morgan fingerprint density at radius 1 is 1.48 bits per heavy atom. The lowest BCUT2D eigenvalue weighted by molar-refractivity contribution is 0.0939. The van der Waals surface area contributed by atoms with Gasteiger partial charge in [-0.2, -0.15) is 4.98 Å². The van der Waals surface area contributed by atoms with Crippen LogP contribution in [0.25, 0.3) is 0 Å². The van der Waals surface area contributed by atoms with Crippen molar-refractivity contribution in [2.24, 2.45) is 0 Å². The maximum absolute atomic E-state index is 11.7. The lowest BCUT2D eigenvalue weighted by atomic mass is 10.0. The van der Waals surface area contributed by atoms with E-state index in [0.717, 1.165) is 32.4 Å². The normalized spacial score (nSPS) is 17.8. The quantitative estimate of drug-likeness (QED) is 0.895. The van der Waals surface area contributed by atoms with Crippen molar-refractivity contribution in [3.8, 4) is 0 Å². The molecule has 0 unspecified atom stereocenters. The smallest absolute Gasteiger partial charge is 0.409 e. The number of nitrogens with one attached hydrogen (secondary N) is 1. The third-order valence-electron chi connectivity index (χ3n) is 3.72. The molecule has 0 saturated carbocycles. The third kappa shape index (κ3) is 4.17. The minimum Gasteiger partial charge on any atom is -0.450 e. The van der Waals surface area contributed by atoms with Crippen LogP contribution in [0.1, 0.15) is 50.9 Å². The molecule has 0 bridgehead atoms. The molecule has 1 fully saturated rings. The average molecular weight is 296 g/mol. The van der Waals surface area contributed by atoms with E-state index in [1.165, 1.54) is 0 Å². The van der Waals surface area contributed by atoms with Crippen LogP contribution >= 0.6 is 0 Å². The third-order valence-corrected chi connectivity index (χ3v) is 3.72. The van der Waals surface area contributed by atoms with Crippen molar-refractivity contribution in [2.75, 3.05) is 19.7 Å². The lowest BCUT2D eigenvalue weighted by Crippen LogP contribution is -2.46. The maximum atomic E-state index is 11.7. The Kier molecular flexibility index (Phi) is 5.55. The van der Waals surface area contributed by atoms with Crippen molar-refractivity contribution in [3.63, 3.8) is 0 Å². The number of ether oxygens (including phenoxy) is 1. The molecule has 0 aromatic carbocycles. The second-order valence-corrected chi connectivity index (χ2v) is 5.26. The Morgan fingerprint density at radius 2 is 2.19 bits per heavy atom. The molecule has 1 aliphatic heterocycles. The number of nitrogens with zero attached hydrogens (tertiary/aromatic N) is 3. The molecule has 7 nitrogen and oxygen atoms in total. The number of carbonyl (C=O) groups is 1. The maximum Gasteiger partial charge on any atom is 0.409 e. The number of likely N-dealkylation sites (tertiary alicyclic amines) is 1. The first-order chi connectivity index (χ1) is 10.1. The molecule has 2 heterocycles. The number of carbonyl (C=O) groups excluding carboxylic acids is 1. The van der Waals surface area contributed by atoms with Crippen molar-refractivity contribution in [1.29, 1.82) is 0 Å². The molecule has 2 rings (SSSR count). The zero-order chi connectivity index (χ0) is 15.2. The van der Waals surface area contributed by atoms with Gasteiger partial charge in [0.1, 0.15) is 0 Å². The van der Waals surface area contributed by atoms with E-state index in [4.69, 9.17) is 9.26 Å². The number of rotatable bonds is 5. The Labute approximate surface area is 125 Å². The fraction of sp³-hybridized carbons (Fsp3) is 0.786. The van der Waals surface area contributed by atoms with E-state index in [9.17, 15) is 4.79 Å². The molecule has 0 spiro atoms. The van der Waals surface area contributed by atoms with Gasteiger partial charge in [-0.25, -0.2) is 4.79 Å². The standard InChI is InChI=1S/C14H24N4O3/c1-4-12(13-15-10(3)21-17-13)16-11-6-8-18(9-7-11)14(19)20-5-2/h11-12,16H,4-9H2,1-3H3/t12-/m1/s1. The summed E-state index contributed by atoms with van der Waals surface area (Å²) in [5, 5.41) is 7.55. The van der Waals surface area contributed by atoms with E-state index < -0.39 is 0 Å². The van der Waals surface area contributed by atoms with E-state index in [1.54, 1.807) is 11.8 Å². The summed E-state index contributed by atoms with van der Waals surface area (Å²) in [5.74, 6) is 1.30. The number of aromatic nitrogens is 2. The molecule has 0 radical (unpaired) electrons. The highest BCUT2D eigenvalue weighted by Gasteiger charge is 2.26. The lowest BCUT2D eigenvalue weighted by Gasteiger charge is -2.33. The van der Waals surface area contributed by atoms with Gasteiger partial charge in [-0.1, -0.05) is 12.1 Å². The largest absolute Gasteiger partial charge is 0.450 e. The summed E-state index contributed by atoms with van der Waals surface area (Å²) < 4.78 is 10.1. The summed E-state index contributed by atoms with van der Waals surface area (Å²) in [5.41, 5.74) is 0. The monoisotopic (exact) mass is 296 g/mol. The Bertz CT molecular complexity index is 455. The zero-order valence-corrected chi connectivity index (χ0v) is 13.0. The van der Waals surface area contributed by atoms with Gasteiger partial charge < -0.3 is 19.5 Å². The Balaban J connectivity index is 1.83. The molecule has 0 aliphatic carbocycles. The first-order valence-corrected chi connectivity index (χ1v) is 7.62. The van der Waals surface area contributed by atoms with E-state index >= 15 is 0 Å². The first kappa shape index (κ1) is 15.8. The van der Waals surface area contributed by atoms with Crippen LogP contribution in [0.3, 0.4) is 0 Å². The minimum atomic E-state index is -0.211. The second-order valence-electron chi connectivity index (χ2n) is 5.26. The van der Waals surface area contributed by atoms with E-state index in [2.05, 4.69) is 22.4 Å². The number of hydrogen-bond donors (Lipinski definition) is 1. The number of hydrogen-bond acceptors (Lipinski definition) is 6. The first-order valence-electron chi connectivity index (χ1n) is 7.62. The molecule has 1 aliphatic rings. The van der Waals surface area contributed by atoms with Gasteiger partial charge in [0, 0.05) is 26.1 Å². The van der Waals surface area contributed by atoms with Crippen molar-refractivity contribution in [3.05, 3.63) is 11.7 Å². The van der Waals surface area contributed by atoms with E-state index in [-0.39, 0.29) is 12.1 Å².